The first-order chi connectivity index (χ1) is 8.43. The summed E-state index contributed by atoms with van der Waals surface area (Å²) in [5.74, 6) is 0.771. The molecule has 1 rings (SSSR count). The lowest BCUT2D eigenvalue weighted by atomic mass is 9.76. The van der Waals surface area contributed by atoms with Crippen LogP contribution in [0.25, 0.3) is 0 Å². The van der Waals surface area contributed by atoms with Gasteiger partial charge in [0.2, 0.25) is 0 Å². The van der Waals surface area contributed by atoms with Crippen LogP contribution in [0.4, 0.5) is 0 Å². The molecule has 1 fully saturated rings. The molecule has 1 saturated carbocycles. The van der Waals surface area contributed by atoms with Crippen LogP contribution in [0.2, 0.25) is 0 Å². The van der Waals surface area contributed by atoms with Gasteiger partial charge in [-0.25, -0.2) is 0 Å². The maximum atomic E-state index is 8.85. The normalized spacial score (nSPS) is 30.2. The highest BCUT2D eigenvalue weighted by molar-refractivity contribution is 4.89. The zero-order chi connectivity index (χ0) is 13.6. The molecule has 2 atom stereocenters. The molecule has 1 aliphatic rings. The van der Waals surface area contributed by atoms with Crippen LogP contribution >= 0.6 is 0 Å². The Morgan fingerprint density at radius 1 is 1.28 bits per heavy atom. The van der Waals surface area contributed by atoms with Crippen LogP contribution in [0.15, 0.2) is 0 Å². The highest BCUT2D eigenvalue weighted by Gasteiger charge is 2.35. The van der Waals surface area contributed by atoms with Gasteiger partial charge in [-0.05, 0) is 43.4 Å². The monoisotopic (exact) mass is 257 g/mol. The summed E-state index contributed by atoms with van der Waals surface area (Å²) in [7, 11) is 0. The van der Waals surface area contributed by atoms with E-state index in [4.69, 9.17) is 15.6 Å². The Balaban J connectivity index is 2.56. The fourth-order valence-corrected chi connectivity index (χ4v) is 3.00. The van der Waals surface area contributed by atoms with E-state index in [1.807, 2.05) is 0 Å². The van der Waals surface area contributed by atoms with Gasteiger partial charge in [-0.15, -0.1) is 0 Å². The third-order valence-corrected chi connectivity index (χ3v) is 4.44. The summed E-state index contributed by atoms with van der Waals surface area (Å²) in [5, 5.41) is 8.85. The first-order valence-electron chi connectivity index (χ1n) is 7.38. The lowest BCUT2D eigenvalue weighted by molar-refractivity contribution is -0.0546. The van der Waals surface area contributed by atoms with E-state index in [1.54, 1.807) is 0 Å². The molecular formula is C15H31NO2. The molecule has 2 unspecified atom stereocenters. The smallest absolute Gasteiger partial charge is 0.0804 e. The van der Waals surface area contributed by atoms with Gasteiger partial charge in [-0.2, -0.15) is 0 Å². The molecule has 0 saturated heterocycles. The van der Waals surface area contributed by atoms with Crippen LogP contribution in [0.3, 0.4) is 0 Å². The van der Waals surface area contributed by atoms with E-state index in [0.717, 1.165) is 18.8 Å². The van der Waals surface area contributed by atoms with Gasteiger partial charge in [-0.3, -0.25) is 0 Å². The first kappa shape index (κ1) is 15.9. The molecule has 3 heteroatoms. The number of hydrogen-bond donors (Lipinski definition) is 2. The van der Waals surface area contributed by atoms with Crippen molar-refractivity contribution >= 4 is 0 Å². The highest BCUT2D eigenvalue weighted by atomic mass is 16.5. The Kier molecular flexibility index (Phi) is 6.09. The van der Waals surface area contributed by atoms with Crippen molar-refractivity contribution < 1.29 is 9.84 Å². The zero-order valence-corrected chi connectivity index (χ0v) is 12.4. The fourth-order valence-electron chi connectivity index (χ4n) is 3.00. The van der Waals surface area contributed by atoms with Gasteiger partial charge in [0.1, 0.15) is 0 Å². The van der Waals surface area contributed by atoms with Crippen LogP contribution in [0.5, 0.6) is 0 Å². The van der Waals surface area contributed by atoms with Crippen LogP contribution in [0, 0.1) is 11.3 Å². The third-order valence-electron chi connectivity index (χ3n) is 4.44. The third kappa shape index (κ3) is 4.52. The number of aliphatic hydroxyl groups is 1. The molecule has 18 heavy (non-hydrogen) atoms. The summed E-state index contributed by atoms with van der Waals surface area (Å²) in [6.07, 6.45) is 6.55. The minimum Gasteiger partial charge on any atom is -0.396 e. The van der Waals surface area contributed by atoms with Crippen molar-refractivity contribution in [2.24, 2.45) is 17.1 Å². The quantitative estimate of drug-likeness (QED) is 0.588. The van der Waals surface area contributed by atoms with Crippen molar-refractivity contribution in [1.29, 1.82) is 0 Å². The van der Waals surface area contributed by atoms with E-state index < -0.39 is 0 Å². The predicted octanol–water partition coefficient (Wildman–Crippen LogP) is 2.71. The average Bonchev–Trinajstić information content (AvgIpc) is 2.52. The lowest BCUT2D eigenvalue weighted by Crippen LogP contribution is -2.41. The van der Waals surface area contributed by atoms with Crippen molar-refractivity contribution in [3.63, 3.8) is 0 Å². The Morgan fingerprint density at radius 3 is 2.56 bits per heavy atom. The number of aliphatic hydroxyl groups excluding tert-OH is 1. The second kappa shape index (κ2) is 6.88. The molecule has 108 valence electrons. The zero-order valence-electron chi connectivity index (χ0n) is 12.4. The average molecular weight is 257 g/mol. The largest absolute Gasteiger partial charge is 0.396 e. The molecule has 0 amide bonds. The minimum absolute atomic E-state index is 0.130. The Morgan fingerprint density at radius 2 is 2.00 bits per heavy atom. The van der Waals surface area contributed by atoms with E-state index in [1.165, 1.54) is 19.3 Å². The standard InChI is InChI=1S/C15H31NO2/c1-14(2,3)13-6-4-8-15(12-16,9-7-13)18-11-5-10-17/h13,17H,4-12,16H2,1-3H3. The lowest BCUT2D eigenvalue weighted by Gasteiger charge is -2.33. The molecular weight excluding hydrogens is 226 g/mol. The fraction of sp³-hybridized carbons (Fsp3) is 1.00. The highest BCUT2D eigenvalue weighted by Crippen LogP contribution is 2.40. The molecule has 3 nitrogen and oxygen atoms in total. The number of rotatable bonds is 5. The maximum absolute atomic E-state index is 8.85. The van der Waals surface area contributed by atoms with Crippen molar-refractivity contribution in [3.8, 4) is 0 Å². The van der Waals surface area contributed by atoms with E-state index in [-0.39, 0.29) is 12.2 Å². The summed E-state index contributed by atoms with van der Waals surface area (Å²) in [5.41, 5.74) is 6.21. The van der Waals surface area contributed by atoms with E-state index in [0.29, 0.717) is 25.0 Å². The Bertz CT molecular complexity index is 237. The van der Waals surface area contributed by atoms with E-state index in [9.17, 15) is 0 Å². The second-order valence-corrected chi connectivity index (χ2v) is 6.81. The Hall–Kier alpha value is -0.120. The van der Waals surface area contributed by atoms with Crippen molar-refractivity contribution in [2.75, 3.05) is 19.8 Å². The van der Waals surface area contributed by atoms with Crippen molar-refractivity contribution in [2.45, 2.75) is 64.9 Å². The van der Waals surface area contributed by atoms with Crippen molar-refractivity contribution in [3.05, 3.63) is 0 Å². The SMILES string of the molecule is CC(C)(C)C1CCCC(CN)(OCCCO)CC1. The topological polar surface area (TPSA) is 55.5 Å². The van der Waals surface area contributed by atoms with E-state index in [2.05, 4.69) is 20.8 Å². The van der Waals surface area contributed by atoms with Gasteiger partial charge in [0.25, 0.3) is 0 Å². The van der Waals surface area contributed by atoms with Crippen molar-refractivity contribution in [1.82, 2.24) is 0 Å². The summed E-state index contributed by atoms with van der Waals surface area (Å²) >= 11 is 0. The number of ether oxygens (including phenoxy) is 1. The van der Waals surface area contributed by atoms with Crippen LogP contribution in [-0.2, 0) is 4.74 Å². The van der Waals surface area contributed by atoms with Gasteiger partial charge >= 0.3 is 0 Å². The molecule has 0 aromatic heterocycles. The molecule has 0 aliphatic heterocycles. The summed E-state index contributed by atoms with van der Waals surface area (Å²) in [4.78, 5) is 0. The summed E-state index contributed by atoms with van der Waals surface area (Å²) in [6.45, 7) is 8.44. The summed E-state index contributed by atoms with van der Waals surface area (Å²) in [6, 6.07) is 0. The number of nitrogens with two attached hydrogens (primary N) is 1. The molecule has 0 bridgehead atoms. The van der Waals surface area contributed by atoms with Gasteiger partial charge in [-0.1, -0.05) is 27.2 Å². The van der Waals surface area contributed by atoms with Gasteiger partial charge in [0.15, 0.2) is 0 Å². The molecule has 0 spiro atoms. The molecule has 0 aromatic rings. The maximum Gasteiger partial charge on any atom is 0.0804 e. The minimum atomic E-state index is -0.130. The van der Waals surface area contributed by atoms with Crippen LogP contribution < -0.4 is 5.73 Å². The first-order valence-corrected chi connectivity index (χ1v) is 7.38. The van der Waals surface area contributed by atoms with Gasteiger partial charge in [0.05, 0.1) is 5.60 Å². The van der Waals surface area contributed by atoms with Gasteiger partial charge < -0.3 is 15.6 Å². The van der Waals surface area contributed by atoms with Crippen LogP contribution in [-0.4, -0.2) is 30.5 Å². The molecule has 1 aliphatic carbocycles. The van der Waals surface area contributed by atoms with Gasteiger partial charge in [0, 0.05) is 19.8 Å². The second-order valence-electron chi connectivity index (χ2n) is 6.81. The molecule has 0 heterocycles. The molecule has 3 N–H and O–H groups in total. The molecule has 0 radical (unpaired) electrons. The number of hydrogen-bond acceptors (Lipinski definition) is 3. The summed E-state index contributed by atoms with van der Waals surface area (Å²) < 4.78 is 6.02. The van der Waals surface area contributed by atoms with E-state index >= 15 is 0 Å². The molecule has 0 aromatic carbocycles. The predicted molar refractivity (Wildman–Crippen MR) is 75.5 cm³/mol. The Labute approximate surface area is 112 Å². The van der Waals surface area contributed by atoms with Crippen LogP contribution in [0.1, 0.15) is 59.3 Å².